The third-order valence-corrected chi connectivity index (χ3v) is 7.80. The van der Waals surface area contributed by atoms with Crippen molar-refractivity contribution in [3.05, 3.63) is 12.7 Å². The van der Waals surface area contributed by atoms with Gasteiger partial charge in [-0.1, -0.05) is 26.8 Å². The van der Waals surface area contributed by atoms with Crippen LogP contribution in [0.2, 0.25) is 0 Å². The lowest BCUT2D eigenvalue weighted by Crippen LogP contribution is -2.64. The molecule has 1 aliphatic heterocycles. The summed E-state index contributed by atoms with van der Waals surface area (Å²) in [5.74, 6) is 1.19. The van der Waals surface area contributed by atoms with E-state index < -0.39 is 0 Å². The second kappa shape index (κ2) is 4.83. The van der Waals surface area contributed by atoms with Crippen molar-refractivity contribution in [3.8, 4) is 0 Å². The first-order chi connectivity index (χ1) is 10.1. The van der Waals surface area contributed by atoms with E-state index in [-0.39, 0.29) is 28.1 Å². The van der Waals surface area contributed by atoms with Crippen molar-refractivity contribution in [1.82, 2.24) is 0 Å². The minimum absolute atomic E-state index is 0.0213. The average molecular weight is 306 g/mol. The third-order valence-electron chi connectivity index (χ3n) is 7.80. The maximum absolute atomic E-state index is 10.5. The van der Waals surface area contributed by atoms with Crippen molar-refractivity contribution in [3.63, 3.8) is 0 Å². The summed E-state index contributed by atoms with van der Waals surface area (Å²) in [4.78, 5) is 0. The molecule has 2 heteroatoms. The van der Waals surface area contributed by atoms with Gasteiger partial charge < -0.3 is 9.84 Å². The molecule has 22 heavy (non-hydrogen) atoms. The van der Waals surface area contributed by atoms with Crippen molar-refractivity contribution in [2.45, 2.75) is 90.4 Å². The van der Waals surface area contributed by atoms with Gasteiger partial charge in [-0.05, 0) is 75.0 Å². The maximum Gasteiger partial charge on any atom is 0.0839 e. The molecule has 2 nitrogen and oxygen atoms in total. The Balaban J connectivity index is 1.95. The number of rotatable bonds is 1. The van der Waals surface area contributed by atoms with Crippen LogP contribution in [-0.2, 0) is 4.74 Å². The molecule has 1 heterocycles. The highest BCUT2D eigenvalue weighted by molar-refractivity contribution is 5.13. The lowest BCUT2D eigenvalue weighted by molar-refractivity contribution is -0.262. The molecule has 0 spiro atoms. The lowest BCUT2D eigenvalue weighted by Gasteiger charge is -2.65. The topological polar surface area (TPSA) is 29.5 Å². The van der Waals surface area contributed by atoms with Crippen LogP contribution >= 0.6 is 0 Å². The summed E-state index contributed by atoms with van der Waals surface area (Å²) in [5.41, 5.74) is 0.106. The summed E-state index contributed by atoms with van der Waals surface area (Å²) < 4.78 is 6.64. The number of hydrogen-bond donors (Lipinski definition) is 1. The first-order valence-corrected chi connectivity index (χ1v) is 9.09. The lowest BCUT2D eigenvalue weighted by atomic mass is 9.44. The number of ether oxygens (including phenoxy) is 1. The van der Waals surface area contributed by atoms with Crippen molar-refractivity contribution < 1.29 is 9.84 Å². The first kappa shape index (κ1) is 16.5. The van der Waals surface area contributed by atoms with E-state index in [9.17, 15) is 5.11 Å². The van der Waals surface area contributed by atoms with E-state index in [1.165, 1.54) is 12.8 Å². The predicted octanol–water partition coefficient (Wildman–Crippen LogP) is 4.71. The van der Waals surface area contributed by atoms with E-state index in [0.29, 0.717) is 11.8 Å². The SMILES string of the molecule is C=C[C@@]1(C)CC[C@@H]2[C@@]3(C)CC[C@H](O)C(C)(C)[C@@H]3CC[C@@]2(C)O1. The van der Waals surface area contributed by atoms with Crippen LogP contribution < -0.4 is 0 Å². The monoisotopic (exact) mass is 306 g/mol. The fraction of sp³-hybridized carbons (Fsp3) is 0.900. The van der Waals surface area contributed by atoms with E-state index in [1.54, 1.807) is 0 Å². The van der Waals surface area contributed by atoms with Gasteiger partial charge in [0.1, 0.15) is 0 Å². The first-order valence-electron chi connectivity index (χ1n) is 9.09. The molecule has 3 fully saturated rings. The minimum Gasteiger partial charge on any atom is -0.393 e. The van der Waals surface area contributed by atoms with Crippen molar-refractivity contribution >= 4 is 0 Å². The maximum atomic E-state index is 10.5. The van der Waals surface area contributed by atoms with Crippen LogP contribution in [0.5, 0.6) is 0 Å². The van der Waals surface area contributed by atoms with E-state index >= 15 is 0 Å². The second-order valence-corrected chi connectivity index (χ2v) is 9.50. The molecule has 126 valence electrons. The molecule has 0 amide bonds. The molecule has 1 saturated heterocycles. The zero-order chi connectivity index (χ0) is 16.4. The van der Waals surface area contributed by atoms with Crippen LogP contribution in [-0.4, -0.2) is 22.4 Å². The van der Waals surface area contributed by atoms with Crippen molar-refractivity contribution in [2.24, 2.45) is 22.7 Å². The standard InChI is InChI=1S/C20H34O2/c1-7-18(4)11-8-15-19(5)12-10-16(21)17(2,3)14(19)9-13-20(15,6)22-18/h7,14-16,21H,1,8-13H2,2-6H3/t14-,15+,16-,18-,19-,20+/m0/s1. The fourth-order valence-corrected chi connectivity index (χ4v) is 6.41. The van der Waals surface area contributed by atoms with Crippen LogP contribution in [0.25, 0.3) is 0 Å². The molecule has 3 rings (SSSR count). The number of hydrogen-bond acceptors (Lipinski definition) is 2. The summed E-state index contributed by atoms with van der Waals surface area (Å²) in [7, 11) is 0. The minimum atomic E-state index is -0.169. The van der Waals surface area contributed by atoms with Crippen molar-refractivity contribution in [2.75, 3.05) is 0 Å². The molecule has 2 aliphatic carbocycles. The Kier molecular flexibility index (Phi) is 3.63. The molecule has 0 radical (unpaired) electrons. The van der Waals surface area contributed by atoms with Gasteiger partial charge in [0.25, 0.3) is 0 Å². The Hall–Kier alpha value is -0.340. The third kappa shape index (κ3) is 2.13. The van der Waals surface area contributed by atoms with E-state index in [0.717, 1.165) is 25.7 Å². The van der Waals surface area contributed by atoms with Crippen LogP contribution in [0.1, 0.15) is 73.1 Å². The predicted molar refractivity (Wildman–Crippen MR) is 90.7 cm³/mol. The van der Waals surface area contributed by atoms with Gasteiger partial charge in [0, 0.05) is 0 Å². The summed E-state index contributed by atoms with van der Waals surface area (Å²) in [5, 5.41) is 10.5. The summed E-state index contributed by atoms with van der Waals surface area (Å²) in [6, 6.07) is 0. The van der Waals surface area contributed by atoms with Crippen LogP contribution in [0.15, 0.2) is 12.7 Å². The second-order valence-electron chi connectivity index (χ2n) is 9.50. The summed E-state index contributed by atoms with van der Waals surface area (Å²) in [6.07, 6.45) is 8.48. The van der Waals surface area contributed by atoms with E-state index in [4.69, 9.17) is 4.74 Å². The number of fused-ring (bicyclic) bond motifs is 3. The highest BCUT2D eigenvalue weighted by Gasteiger charge is 2.62. The quantitative estimate of drug-likeness (QED) is 0.711. The normalized spacial score (nSPS) is 54.2. The van der Waals surface area contributed by atoms with Gasteiger partial charge in [-0.2, -0.15) is 0 Å². The van der Waals surface area contributed by atoms with Gasteiger partial charge in [0.05, 0.1) is 17.3 Å². The molecular formula is C20H34O2. The van der Waals surface area contributed by atoms with Gasteiger partial charge >= 0.3 is 0 Å². The molecule has 0 unspecified atom stereocenters. The molecule has 0 aromatic carbocycles. The van der Waals surface area contributed by atoms with E-state index in [1.807, 2.05) is 6.08 Å². The molecular weight excluding hydrogens is 272 g/mol. The molecule has 3 aliphatic rings. The van der Waals surface area contributed by atoms with Gasteiger partial charge in [-0.25, -0.2) is 0 Å². The summed E-state index contributed by atoms with van der Waals surface area (Å²) in [6.45, 7) is 15.5. The zero-order valence-electron chi connectivity index (χ0n) is 15.1. The Morgan fingerprint density at radius 3 is 2.23 bits per heavy atom. The Morgan fingerprint density at radius 1 is 0.955 bits per heavy atom. The highest BCUT2D eigenvalue weighted by Crippen LogP contribution is 2.65. The number of aliphatic hydroxyl groups is 1. The number of aliphatic hydroxyl groups excluding tert-OH is 1. The van der Waals surface area contributed by atoms with Gasteiger partial charge in [-0.3, -0.25) is 0 Å². The largest absolute Gasteiger partial charge is 0.393 e. The van der Waals surface area contributed by atoms with Crippen molar-refractivity contribution in [1.29, 1.82) is 0 Å². The van der Waals surface area contributed by atoms with E-state index in [2.05, 4.69) is 41.2 Å². The van der Waals surface area contributed by atoms with Gasteiger partial charge in [0.15, 0.2) is 0 Å². The van der Waals surface area contributed by atoms with Crippen LogP contribution in [0.3, 0.4) is 0 Å². The molecule has 0 aromatic rings. The van der Waals surface area contributed by atoms with Gasteiger partial charge in [-0.15, -0.1) is 6.58 Å². The highest BCUT2D eigenvalue weighted by atomic mass is 16.5. The van der Waals surface area contributed by atoms with Crippen LogP contribution in [0.4, 0.5) is 0 Å². The molecule has 0 aromatic heterocycles. The molecule has 0 bridgehead atoms. The summed E-state index contributed by atoms with van der Waals surface area (Å²) >= 11 is 0. The molecule has 6 atom stereocenters. The molecule has 1 N–H and O–H groups in total. The fourth-order valence-electron chi connectivity index (χ4n) is 6.41. The zero-order valence-corrected chi connectivity index (χ0v) is 15.1. The van der Waals surface area contributed by atoms with Gasteiger partial charge in [0.2, 0.25) is 0 Å². The molecule has 2 saturated carbocycles. The Labute approximate surface area is 136 Å². The average Bonchev–Trinajstić information content (AvgIpc) is 2.42. The Morgan fingerprint density at radius 2 is 1.59 bits per heavy atom. The smallest absolute Gasteiger partial charge is 0.0839 e. The Bertz CT molecular complexity index is 470. The van der Waals surface area contributed by atoms with Crippen LogP contribution in [0, 0.1) is 22.7 Å².